The van der Waals surface area contributed by atoms with E-state index in [-0.39, 0.29) is 5.15 Å². The van der Waals surface area contributed by atoms with Crippen LogP contribution < -0.4 is 0 Å². The van der Waals surface area contributed by atoms with Crippen molar-refractivity contribution in [2.45, 2.75) is 32.7 Å². The highest BCUT2D eigenvalue weighted by molar-refractivity contribution is 6.31. The van der Waals surface area contributed by atoms with Crippen molar-refractivity contribution < 1.29 is 13.7 Å². The lowest BCUT2D eigenvalue weighted by molar-refractivity contribution is -0.386. The maximum Gasteiger partial charge on any atom is 0.334 e. The van der Waals surface area contributed by atoms with Crippen molar-refractivity contribution in [3.8, 4) is 0 Å². The summed E-state index contributed by atoms with van der Waals surface area (Å²) >= 11 is 5.63. The Bertz CT molecular complexity index is 395. The van der Waals surface area contributed by atoms with Crippen LogP contribution >= 0.6 is 11.6 Å². The number of nitrogens with zero attached hydrogens (tertiary/aromatic N) is 3. The fraction of sp³-hybridized carbons (Fsp3) is 0.625. The van der Waals surface area contributed by atoms with Crippen molar-refractivity contribution in [1.82, 2.24) is 9.78 Å². The van der Waals surface area contributed by atoms with Gasteiger partial charge in [-0.2, -0.15) is 5.10 Å². The lowest BCUT2D eigenvalue weighted by Crippen LogP contribution is -2.00. The number of alkyl halides is 2. The third-order valence-electron chi connectivity index (χ3n) is 2.01. The Morgan fingerprint density at radius 3 is 2.62 bits per heavy atom. The zero-order valence-electron chi connectivity index (χ0n) is 8.49. The van der Waals surface area contributed by atoms with Gasteiger partial charge < -0.3 is 0 Å². The van der Waals surface area contributed by atoms with Crippen LogP contribution in [0.15, 0.2) is 0 Å². The van der Waals surface area contributed by atoms with Crippen LogP contribution in [0.1, 0.15) is 31.9 Å². The molecule has 0 amide bonds. The van der Waals surface area contributed by atoms with Crippen molar-refractivity contribution in [3.05, 3.63) is 21.0 Å². The summed E-state index contributed by atoms with van der Waals surface area (Å²) in [6.07, 6.45) is -1.52. The maximum absolute atomic E-state index is 12.5. The molecule has 0 aliphatic carbocycles. The number of hydrogen-bond acceptors (Lipinski definition) is 3. The zero-order chi connectivity index (χ0) is 12.3. The molecule has 0 bridgehead atoms. The quantitative estimate of drug-likeness (QED) is 0.598. The van der Waals surface area contributed by atoms with Crippen LogP contribution in [0.2, 0.25) is 5.15 Å². The SMILES string of the molecule is CCCCn1nc(C(F)F)c([N+](=O)[O-])c1Cl. The minimum atomic E-state index is -3.00. The molecule has 0 N–H and O–H groups in total. The number of hydrogen-bond donors (Lipinski definition) is 0. The Balaban J connectivity index is 3.14. The number of aryl methyl sites for hydroxylation is 1. The number of nitro groups is 1. The lowest BCUT2D eigenvalue weighted by Gasteiger charge is -1.99. The summed E-state index contributed by atoms with van der Waals surface area (Å²) in [4.78, 5) is 9.64. The molecule has 1 rings (SSSR count). The van der Waals surface area contributed by atoms with Gasteiger partial charge in [-0.1, -0.05) is 24.9 Å². The first kappa shape index (κ1) is 12.8. The van der Waals surface area contributed by atoms with Gasteiger partial charge in [-0.3, -0.25) is 10.1 Å². The summed E-state index contributed by atoms with van der Waals surface area (Å²) < 4.78 is 26.0. The van der Waals surface area contributed by atoms with Gasteiger partial charge in [0.2, 0.25) is 10.8 Å². The molecule has 5 nitrogen and oxygen atoms in total. The molecule has 1 heterocycles. The summed E-state index contributed by atoms with van der Waals surface area (Å²) in [5, 5.41) is 13.7. The van der Waals surface area contributed by atoms with Crippen molar-refractivity contribution in [2.75, 3.05) is 0 Å². The minimum absolute atomic E-state index is 0.295. The summed E-state index contributed by atoms with van der Waals surface area (Å²) in [5.74, 6) is 0. The van der Waals surface area contributed by atoms with E-state index in [9.17, 15) is 18.9 Å². The molecule has 0 saturated heterocycles. The van der Waals surface area contributed by atoms with E-state index in [4.69, 9.17) is 11.6 Å². The average molecular weight is 254 g/mol. The number of rotatable bonds is 5. The predicted octanol–water partition coefficient (Wildman–Crippen LogP) is 3.18. The fourth-order valence-corrected chi connectivity index (χ4v) is 1.51. The molecule has 0 radical (unpaired) electrons. The van der Waals surface area contributed by atoms with Crippen LogP contribution in [-0.4, -0.2) is 14.7 Å². The highest BCUT2D eigenvalue weighted by atomic mass is 35.5. The molecule has 1 aromatic rings. The van der Waals surface area contributed by atoms with Crippen LogP contribution in [0, 0.1) is 10.1 Å². The Hall–Kier alpha value is -1.24. The summed E-state index contributed by atoms with van der Waals surface area (Å²) in [7, 11) is 0. The standard InChI is InChI=1S/C8H10ClF2N3O2/c1-2-3-4-13-7(9)6(14(15)16)5(12-13)8(10)11/h8H,2-4H2,1H3. The van der Waals surface area contributed by atoms with E-state index < -0.39 is 22.7 Å². The van der Waals surface area contributed by atoms with Crippen molar-refractivity contribution in [2.24, 2.45) is 0 Å². The molecule has 0 aliphatic heterocycles. The normalized spacial score (nSPS) is 11.1. The molecular formula is C8H10ClF2N3O2. The number of aromatic nitrogens is 2. The largest absolute Gasteiger partial charge is 0.334 e. The molecule has 90 valence electrons. The van der Waals surface area contributed by atoms with E-state index in [2.05, 4.69) is 5.10 Å². The van der Waals surface area contributed by atoms with Crippen LogP contribution in [0.4, 0.5) is 14.5 Å². The molecule has 0 saturated carbocycles. The van der Waals surface area contributed by atoms with Gasteiger partial charge in [-0.15, -0.1) is 0 Å². The number of unbranched alkanes of at least 4 members (excludes halogenated alkanes) is 1. The first-order valence-electron chi connectivity index (χ1n) is 4.67. The van der Waals surface area contributed by atoms with Gasteiger partial charge in [0.25, 0.3) is 6.43 Å². The van der Waals surface area contributed by atoms with Gasteiger partial charge in [-0.25, -0.2) is 13.5 Å². The van der Waals surface area contributed by atoms with Crippen molar-refractivity contribution in [1.29, 1.82) is 0 Å². The van der Waals surface area contributed by atoms with E-state index >= 15 is 0 Å². The molecule has 1 aromatic heterocycles. The van der Waals surface area contributed by atoms with Gasteiger partial charge in [0.15, 0.2) is 0 Å². The Morgan fingerprint density at radius 2 is 2.25 bits per heavy atom. The van der Waals surface area contributed by atoms with E-state index in [0.29, 0.717) is 13.0 Å². The molecule has 0 fully saturated rings. The monoisotopic (exact) mass is 253 g/mol. The second-order valence-electron chi connectivity index (χ2n) is 3.16. The van der Waals surface area contributed by atoms with E-state index in [1.807, 2.05) is 6.92 Å². The molecule has 8 heteroatoms. The highest BCUT2D eigenvalue weighted by Gasteiger charge is 2.31. The fourth-order valence-electron chi connectivity index (χ4n) is 1.22. The van der Waals surface area contributed by atoms with Gasteiger partial charge in [0.1, 0.15) is 0 Å². The van der Waals surface area contributed by atoms with E-state index in [1.54, 1.807) is 0 Å². The Kier molecular flexibility index (Phi) is 4.17. The second-order valence-corrected chi connectivity index (χ2v) is 3.52. The molecule has 0 spiro atoms. The zero-order valence-corrected chi connectivity index (χ0v) is 9.25. The van der Waals surface area contributed by atoms with Gasteiger partial charge in [-0.05, 0) is 6.42 Å². The van der Waals surface area contributed by atoms with E-state index in [1.165, 1.54) is 0 Å². The number of halogens is 3. The summed E-state index contributed by atoms with van der Waals surface area (Å²) in [5.41, 5.74) is -1.67. The van der Waals surface area contributed by atoms with Crippen LogP contribution in [-0.2, 0) is 6.54 Å². The average Bonchev–Trinajstić information content (AvgIpc) is 2.53. The van der Waals surface area contributed by atoms with Crippen molar-refractivity contribution in [3.63, 3.8) is 0 Å². The molecule has 0 aromatic carbocycles. The first-order chi connectivity index (χ1) is 7.49. The van der Waals surface area contributed by atoms with Crippen LogP contribution in [0.3, 0.4) is 0 Å². The topological polar surface area (TPSA) is 61.0 Å². The summed E-state index contributed by atoms with van der Waals surface area (Å²) in [6.45, 7) is 2.20. The van der Waals surface area contributed by atoms with Gasteiger partial charge in [0, 0.05) is 6.54 Å². The third kappa shape index (κ3) is 2.46. The minimum Gasteiger partial charge on any atom is -0.258 e. The van der Waals surface area contributed by atoms with Gasteiger partial charge in [0.05, 0.1) is 4.92 Å². The molecular weight excluding hydrogens is 244 g/mol. The second kappa shape index (κ2) is 5.20. The maximum atomic E-state index is 12.5. The molecule has 0 atom stereocenters. The van der Waals surface area contributed by atoms with E-state index in [0.717, 1.165) is 11.1 Å². The predicted molar refractivity (Wildman–Crippen MR) is 53.8 cm³/mol. The Labute approximate surface area is 95.2 Å². The molecule has 0 unspecified atom stereocenters. The lowest BCUT2D eigenvalue weighted by atomic mass is 10.3. The smallest absolute Gasteiger partial charge is 0.258 e. The molecule has 0 aliphatic rings. The Morgan fingerprint density at radius 1 is 1.62 bits per heavy atom. The van der Waals surface area contributed by atoms with Crippen LogP contribution in [0.25, 0.3) is 0 Å². The third-order valence-corrected chi connectivity index (χ3v) is 2.38. The highest BCUT2D eigenvalue weighted by Crippen LogP contribution is 2.34. The summed E-state index contributed by atoms with van der Waals surface area (Å²) in [6, 6.07) is 0. The first-order valence-corrected chi connectivity index (χ1v) is 5.05. The van der Waals surface area contributed by atoms with Crippen LogP contribution in [0.5, 0.6) is 0 Å². The van der Waals surface area contributed by atoms with Crippen molar-refractivity contribution >= 4 is 17.3 Å². The van der Waals surface area contributed by atoms with Gasteiger partial charge >= 0.3 is 5.69 Å². The molecule has 16 heavy (non-hydrogen) atoms.